The maximum Gasteiger partial charge on any atom is 0.231 e. The van der Waals surface area contributed by atoms with Crippen LogP contribution in [0.4, 0.5) is 5.69 Å². The molecule has 6 heteroatoms. The summed E-state index contributed by atoms with van der Waals surface area (Å²) in [5, 5.41) is 6.16. The number of nitrogens with one attached hydrogen (secondary N) is 2. The van der Waals surface area contributed by atoms with E-state index in [2.05, 4.69) is 10.6 Å². The van der Waals surface area contributed by atoms with Crippen LogP contribution in [0.5, 0.6) is 5.75 Å². The third kappa shape index (κ3) is 4.51. The van der Waals surface area contributed by atoms with Gasteiger partial charge in [0.15, 0.2) is 0 Å². The highest BCUT2D eigenvalue weighted by atomic mass is 35.5. The van der Waals surface area contributed by atoms with Crippen molar-refractivity contribution in [3.8, 4) is 5.75 Å². The topological polar surface area (TPSA) is 67.4 Å². The lowest BCUT2D eigenvalue weighted by molar-refractivity contribution is -0.128. The van der Waals surface area contributed by atoms with Crippen LogP contribution in [-0.4, -0.2) is 18.4 Å². The maximum atomic E-state index is 12.3. The Kier molecular flexibility index (Phi) is 5.24. The van der Waals surface area contributed by atoms with Gasteiger partial charge in [-0.1, -0.05) is 41.4 Å². The van der Waals surface area contributed by atoms with Crippen LogP contribution in [0.2, 0.25) is 5.02 Å². The van der Waals surface area contributed by atoms with E-state index in [1.54, 1.807) is 18.2 Å². The zero-order chi connectivity index (χ0) is 17.8. The Hall–Kier alpha value is -2.53. The minimum Gasteiger partial charge on any atom is -0.491 e. The summed E-state index contributed by atoms with van der Waals surface area (Å²) in [4.78, 5) is 24.5. The minimum atomic E-state index is -0.552. The average Bonchev–Trinajstić information content (AvgIpc) is 2.72. The van der Waals surface area contributed by atoms with Crippen LogP contribution in [-0.2, 0) is 16.1 Å². The highest BCUT2D eigenvalue weighted by Crippen LogP contribution is 2.31. The number of amides is 2. The number of carbonyl (C=O) groups excluding carboxylic acids is 2. The fourth-order valence-electron chi connectivity index (χ4n) is 2.69. The van der Waals surface area contributed by atoms with E-state index < -0.39 is 5.92 Å². The standard InChI is InChI=1S/C19H19ClN2O3/c1-12-3-2-4-13(7-12)10-21-18(23)8-14-11-25-17-9-15(20)5-6-16(17)22-19(14)24/h2-7,9,14H,8,10-11H2,1H3,(H,21,23)(H,22,24). The summed E-state index contributed by atoms with van der Waals surface area (Å²) in [7, 11) is 0. The summed E-state index contributed by atoms with van der Waals surface area (Å²) in [6.45, 7) is 2.57. The molecule has 0 saturated heterocycles. The molecule has 0 fully saturated rings. The molecule has 2 amide bonds. The molecule has 0 aliphatic carbocycles. The molecule has 130 valence electrons. The number of halogens is 1. The molecule has 1 unspecified atom stereocenters. The monoisotopic (exact) mass is 358 g/mol. The van der Waals surface area contributed by atoms with Crippen LogP contribution in [0.1, 0.15) is 17.5 Å². The van der Waals surface area contributed by atoms with E-state index in [1.807, 2.05) is 31.2 Å². The molecule has 0 spiro atoms. The second-order valence-electron chi connectivity index (χ2n) is 6.11. The van der Waals surface area contributed by atoms with Crippen LogP contribution in [0.3, 0.4) is 0 Å². The lowest BCUT2D eigenvalue weighted by atomic mass is 10.1. The van der Waals surface area contributed by atoms with Gasteiger partial charge in [0.2, 0.25) is 11.8 Å². The molecule has 3 rings (SSSR count). The summed E-state index contributed by atoms with van der Waals surface area (Å²) >= 11 is 5.94. The second kappa shape index (κ2) is 7.57. The van der Waals surface area contributed by atoms with Crippen molar-refractivity contribution in [3.63, 3.8) is 0 Å². The van der Waals surface area contributed by atoms with Crippen LogP contribution in [0.25, 0.3) is 0 Å². The van der Waals surface area contributed by atoms with Crippen LogP contribution in [0, 0.1) is 12.8 Å². The van der Waals surface area contributed by atoms with Crippen molar-refractivity contribution in [2.75, 3.05) is 11.9 Å². The fourth-order valence-corrected chi connectivity index (χ4v) is 2.85. The number of fused-ring (bicyclic) bond motifs is 1. The molecular weight excluding hydrogens is 340 g/mol. The van der Waals surface area contributed by atoms with Gasteiger partial charge in [0.1, 0.15) is 12.4 Å². The van der Waals surface area contributed by atoms with E-state index in [4.69, 9.17) is 16.3 Å². The zero-order valence-corrected chi connectivity index (χ0v) is 14.6. The first-order chi connectivity index (χ1) is 12.0. The number of benzene rings is 2. The number of hydrogen-bond donors (Lipinski definition) is 2. The van der Waals surface area contributed by atoms with Crippen molar-refractivity contribution >= 4 is 29.1 Å². The molecule has 0 radical (unpaired) electrons. The minimum absolute atomic E-state index is 0.0688. The van der Waals surface area contributed by atoms with Crippen molar-refractivity contribution in [1.29, 1.82) is 0 Å². The number of anilines is 1. The van der Waals surface area contributed by atoms with Crippen molar-refractivity contribution in [2.45, 2.75) is 19.9 Å². The summed E-state index contributed by atoms with van der Waals surface area (Å²) in [6, 6.07) is 12.9. The number of rotatable bonds is 4. The predicted molar refractivity (Wildman–Crippen MR) is 96.7 cm³/mol. The van der Waals surface area contributed by atoms with Crippen LogP contribution in [0.15, 0.2) is 42.5 Å². The SMILES string of the molecule is Cc1cccc(CNC(=O)CC2COc3cc(Cl)ccc3NC2=O)c1. The number of ether oxygens (including phenoxy) is 1. The molecule has 2 N–H and O–H groups in total. The second-order valence-corrected chi connectivity index (χ2v) is 6.54. The van der Waals surface area contributed by atoms with Gasteiger partial charge in [0.05, 0.1) is 11.6 Å². The Balaban J connectivity index is 1.57. The molecule has 1 heterocycles. The molecule has 5 nitrogen and oxygen atoms in total. The first kappa shape index (κ1) is 17.3. The van der Waals surface area contributed by atoms with Gasteiger partial charge in [0.25, 0.3) is 0 Å². The van der Waals surface area contributed by atoms with E-state index in [-0.39, 0.29) is 24.8 Å². The highest BCUT2D eigenvalue weighted by Gasteiger charge is 2.27. The fraction of sp³-hybridized carbons (Fsp3) is 0.263. The van der Waals surface area contributed by atoms with E-state index in [0.29, 0.717) is 23.0 Å². The normalized spacial score (nSPS) is 16.2. The number of carbonyl (C=O) groups is 2. The van der Waals surface area contributed by atoms with Gasteiger partial charge in [-0.25, -0.2) is 0 Å². The molecule has 2 aromatic carbocycles. The van der Waals surface area contributed by atoms with Crippen molar-refractivity contribution < 1.29 is 14.3 Å². The van der Waals surface area contributed by atoms with E-state index in [0.717, 1.165) is 11.1 Å². The van der Waals surface area contributed by atoms with Gasteiger partial charge in [-0.3, -0.25) is 9.59 Å². The number of aryl methyl sites for hydroxylation is 1. The van der Waals surface area contributed by atoms with E-state index in [9.17, 15) is 9.59 Å². The Morgan fingerprint density at radius 1 is 1.32 bits per heavy atom. The Labute approximate surface area is 151 Å². The summed E-state index contributed by atoms with van der Waals surface area (Å²) < 4.78 is 5.64. The van der Waals surface area contributed by atoms with E-state index in [1.165, 1.54) is 0 Å². The quantitative estimate of drug-likeness (QED) is 0.881. The molecule has 1 aliphatic rings. The molecule has 1 atom stereocenters. The average molecular weight is 359 g/mol. The third-order valence-electron chi connectivity index (χ3n) is 4.02. The van der Waals surface area contributed by atoms with Crippen molar-refractivity contribution in [2.24, 2.45) is 5.92 Å². The van der Waals surface area contributed by atoms with E-state index >= 15 is 0 Å². The smallest absolute Gasteiger partial charge is 0.231 e. The largest absolute Gasteiger partial charge is 0.491 e. The molecule has 1 aliphatic heterocycles. The van der Waals surface area contributed by atoms with Crippen LogP contribution >= 0.6 is 11.6 Å². The van der Waals surface area contributed by atoms with Crippen molar-refractivity contribution in [1.82, 2.24) is 5.32 Å². The van der Waals surface area contributed by atoms with Gasteiger partial charge in [-0.2, -0.15) is 0 Å². The lowest BCUT2D eigenvalue weighted by Gasteiger charge is -2.13. The molecule has 0 aromatic heterocycles. The first-order valence-electron chi connectivity index (χ1n) is 8.07. The Morgan fingerprint density at radius 3 is 2.96 bits per heavy atom. The molecule has 2 aromatic rings. The zero-order valence-electron chi connectivity index (χ0n) is 13.8. The van der Waals surface area contributed by atoms with Gasteiger partial charge < -0.3 is 15.4 Å². The lowest BCUT2D eigenvalue weighted by Crippen LogP contribution is -2.32. The summed E-state index contributed by atoms with van der Waals surface area (Å²) in [5.41, 5.74) is 2.73. The van der Waals surface area contributed by atoms with Crippen molar-refractivity contribution in [3.05, 3.63) is 58.6 Å². The molecular formula is C19H19ClN2O3. The highest BCUT2D eigenvalue weighted by molar-refractivity contribution is 6.30. The summed E-state index contributed by atoms with van der Waals surface area (Å²) in [6.07, 6.45) is 0.0688. The van der Waals surface area contributed by atoms with Crippen LogP contribution < -0.4 is 15.4 Å². The summed E-state index contributed by atoms with van der Waals surface area (Å²) in [5.74, 6) is -0.451. The van der Waals surface area contributed by atoms with Gasteiger partial charge in [-0.05, 0) is 24.6 Å². The van der Waals surface area contributed by atoms with Gasteiger partial charge in [0, 0.05) is 24.1 Å². The number of hydrogen-bond acceptors (Lipinski definition) is 3. The molecule has 25 heavy (non-hydrogen) atoms. The molecule has 0 bridgehead atoms. The Bertz CT molecular complexity index is 807. The van der Waals surface area contributed by atoms with Gasteiger partial charge >= 0.3 is 0 Å². The first-order valence-corrected chi connectivity index (χ1v) is 8.44. The predicted octanol–water partition coefficient (Wildman–Crippen LogP) is 3.30. The third-order valence-corrected chi connectivity index (χ3v) is 4.25. The Morgan fingerprint density at radius 2 is 2.16 bits per heavy atom. The maximum absolute atomic E-state index is 12.3. The van der Waals surface area contributed by atoms with Gasteiger partial charge in [-0.15, -0.1) is 0 Å². The molecule has 0 saturated carbocycles.